The summed E-state index contributed by atoms with van der Waals surface area (Å²) in [5, 5.41) is 5.14. The Morgan fingerprint density at radius 3 is 2.80 bits per heavy atom. The van der Waals surface area contributed by atoms with Crippen LogP contribution in [0, 0.1) is 11.6 Å². The van der Waals surface area contributed by atoms with Crippen LogP contribution in [0.2, 0.25) is 5.02 Å². The molecule has 0 amide bonds. The Labute approximate surface area is 172 Å². The fraction of sp³-hybridized carbons (Fsp3) is 0.278. The molecule has 0 unspecified atom stereocenters. The fourth-order valence-corrected chi connectivity index (χ4v) is 3.16. The quantitative estimate of drug-likeness (QED) is 0.556. The maximum Gasteiger partial charge on any atom is 0.387 e. The summed E-state index contributed by atoms with van der Waals surface area (Å²) in [5.41, 5.74) is 0.115. The highest BCUT2D eigenvalue weighted by molar-refractivity contribution is 6.32. The van der Waals surface area contributed by atoms with E-state index in [-0.39, 0.29) is 34.5 Å². The zero-order chi connectivity index (χ0) is 21.3. The first kappa shape index (κ1) is 20.4. The first-order valence-electron chi connectivity index (χ1n) is 8.81. The Balaban J connectivity index is 1.68. The number of nitrogens with one attached hydrogen (secondary N) is 2. The second-order valence-electron chi connectivity index (χ2n) is 6.34. The molecule has 12 heteroatoms. The van der Waals surface area contributed by atoms with Gasteiger partial charge in [0.1, 0.15) is 28.7 Å². The van der Waals surface area contributed by atoms with Crippen molar-refractivity contribution < 1.29 is 27.0 Å². The molecule has 4 rings (SSSR count). The second-order valence-corrected chi connectivity index (χ2v) is 6.72. The third-order valence-corrected chi connectivity index (χ3v) is 4.69. The number of hydrogen-bond acceptors (Lipinski definition) is 7. The van der Waals surface area contributed by atoms with Crippen molar-refractivity contribution in [3.05, 3.63) is 41.2 Å². The number of pyridine rings is 1. The Kier molecular flexibility index (Phi) is 5.73. The van der Waals surface area contributed by atoms with Gasteiger partial charge in [-0.25, -0.2) is 23.7 Å². The number of fused-ring (bicyclic) bond motifs is 1. The Morgan fingerprint density at radius 2 is 2.07 bits per heavy atom. The lowest BCUT2D eigenvalue weighted by Crippen LogP contribution is -2.20. The molecular formula is C18H14ClF4N5O2. The first-order chi connectivity index (χ1) is 14.4. The van der Waals surface area contributed by atoms with E-state index in [0.717, 1.165) is 31.1 Å². The number of halogens is 5. The molecule has 3 heterocycles. The standard InChI is InChI=1S/C18H14ClF4N5O2/c19-13-12(30-18(22)23)2-1-10(14(13)21)27-16-15-11(25-7-26-16)5-9(20)17(28-15)29-8-3-4-24-6-8/h1-2,5,7-8,18,24H,3-4,6H2,(H,25,26,27)/t8-/m0/s1. The summed E-state index contributed by atoms with van der Waals surface area (Å²) >= 11 is 5.77. The van der Waals surface area contributed by atoms with Crippen molar-refractivity contribution >= 4 is 34.1 Å². The maximum absolute atomic E-state index is 14.5. The predicted molar refractivity (Wildman–Crippen MR) is 101 cm³/mol. The van der Waals surface area contributed by atoms with Gasteiger partial charge in [0.15, 0.2) is 17.5 Å². The third-order valence-electron chi connectivity index (χ3n) is 4.34. The van der Waals surface area contributed by atoms with Crippen molar-refractivity contribution in [3.63, 3.8) is 0 Å². The lowest BCUT2D eigenvalue weighted by molar-refractivity contribution is -0.0499. The normalized spacial score (nSPS) is 16.3. The molecule has 30 heavy (non-hydrogen) atoms. The van der Waals surface area contributed by atoms with Crippen LogP contribution >= 0.6 is 11.6 Å². The van der Waals surface area contributed by atoms with Gasteiger partial charge in [-0.2, -0.15) is 8.78 Å². The van der Waals surface area contributed by atoms with Crippen LogP contribution in [0.25, 0.3) is 11.0 Å². The van der Waals surface area contributed by atoms with E-state index in [1.54, 1.807) is 0 Å². The van der Waals surface area contributed by atoms with Crippen molar-refractivity contribution in [2.75, 3.05) is 18.4 Å². The van der Waals surface area contributed by atoms with E-state index in [0.29, 0.717) is 13.0 Å². The number of ether oxygens (including phenoxy) is 2. The number of benzene rings is 1. The molecule has 2 aromatic heterocycles. The van der Waals surface area contributed by atoms with Crippen LogP contribution in [-0.4, -0.2) is 40.8 Å². The van der Waals surface area contributed by atoms with Gasteiger partial charge in [-0.1, -0.05) is 11.6 Å². The topological polar surface area (TPSA) is 81.2 Å². The van der Waals surface area contributed by atoms with Crippen LogP contribution in [0.1, 0.15) is 6.42 Å². The van der Waals surface area contributed by atoms with E-state index in [4.69, 9.17) is 16.3 Å². The van der Waals surface area contributed by atoms with Gasteiger partial charge in [-0.15, -0.1) is 0 Å². The Hall–Kier alpha value is -2.92. The van der Waals surface area contributed by atoms with Crippen LogP contribution in [0.3, 0.4) is 0 Å². The third kappa shape index (κ3) is 4.17. The van der Waals surface area contributed by atoms with Crippen molar-refractivity contribution in [1.29, 1.82) is 0 Å². The van der Waals surface area contributed by atoms with Crippen molar-refractivity contribution in [2.24, 2.45) is 0 Å². The van der Waals surface area contributed by atoms with Crippen LogP contribution in [0.5, 0.6) is 11.6 Å². The van der Waals surface area contributed by atoms with Crippen molar-refractivity contribution in [1.82, 2.24) is 20.3 Å². The van der Waals surface area contributed by atoms with Gasteiger partial charge in [-0.05, 0) is 25.1 Å². The van der Waals surface area contributed by atoms with E-state index in [1.807, 2.05) is 0 Å². The van der Waals surface area contributed by atoms with E-state index in [2.05, 4.69) is 30.3 Å². The number of alkyl halides is 2. The molecule has 1 aliphatic heterocycles. The van der Waals surface area contributed by atoms with E-state index in [1.165, 1.54) is 0 Å². The lowest BCUT2D eigenvalue weighted by atomic mass is 10.2. The highest BCUT2D eigenvalue weighted by Crippen LogP contribution is 2.35. The summed E-state index contributed by atoms with van der Waals surface area (Å²) in [5.74, 6) is -2.41. The van der Waals surface area contributed by atoms with Gasteiger partial charge in [0.2, 0.25) is 0 Å². The highest BCUT2D eigenvalue weighted by Gasteiger charge is 2.21. The van der Waals surface area contributed by atoms with Gasteiger partial charge in [0.25, 0.3) is 5.88 Å². The average Bonchev–Trinajstić information content (AvgIpc) is 3.21. The fourth-order valence-electron chi connectivity index (χ4n) is 2.95. The number of nitrogens with zero attached hydrogens (tertiary/aromatic N) is 3. The molecule has 7 nitrogen and oxygen atoms in total. The molecular weight excluding hydrogens is 430 g/mol. The SMILES string of the molecule is Fc1cc2ncnc(Nc3ccc(OC(F)F)c(Cl)c3F)c2nc1O[C@H]1CCNC1. The molecule has 1 atom stereocenters. The molecule has 1 aromatic carbocycles. The maximum atomic E-state index is 14.5. The number of rotatable bonds is 6. The average molecular weight is 444 g/mol. The van der Waals surface area contributed by atoms with E-state index in [9.17, 15) is 17.6 Å². The zero-order valence-corrected chi connectivity index (χ0v) is 15.9. The van der Waals surface area contributed by atoms with Crippen LogP contribution in [0.4, 0.5) is 29.1 Å². The summed E-state index contributed by atoms with van der Waals surface area (Å²) in [4.78, 5) is 12.1. The van der Waals surface area contributed by atoms with E-state index < -0.39 is 29.0 Å². The summed E-state index contributed by atoms with van der Waals surface area (Å²) in [6, 6.07) is 3.37. The lowest BCUT2D eigenvalue weighted by Gasteiger charge is -2.14. The van der Waals surface area contributed by atoms with Crippen molar-refractivity contribution in [2.45, 2.75) is 19.1 Å². The number of anilines is 2. The Bertz CT molecular complexity index is 1080. The first-order valence-corrected chi connectivity index (χ1v) is 9.18. The smallest absolute Gasteiger partial charge is 0.387 e. The van der Waals surface area contributed by atoms with Gasteiger partial charge in [-0.3, -0.25) is 0 Å². The van der Waals surface area contributed by atoms with Gasteiger partial charge in [0, 0.05) is 12.6 Å². The van der Waals surface area contributed by atoms with Crippen LogP contribution in [-0.2, 0) is 0 Å². The molecule has 1 aliphatic rings. The minimum atomic E-state index is -3.15. The Morgan fingerprint density at radius 1 is 1.23 bits per heavy atom. The predicted octanol–water partition coefficient (Wildman–Crippen LogP) is 4.04. The van der Waals surface area contributed by atoms with Crippen LogP contribution in [0.15, 0.2) is 24.5 Å². The molecule has 0 bridgehead atoms. The molecule has 1 saturated heterocycles. The minimum Gasteiger partial charge on any atom is -0.471 e. The largest absolute Gasteiger partial charge is 0.471 e. The minimum absolute atomic E-state index is 0.0480. The van der Waals surface area contributed by atoms with Crippen molar-refractivity contribution in [3.8, 4) is 11.6 Å². The molecule has 0 aliphatic carbocycles. The van der Waals surface area contributed by atoms with Gasteiger partial charge >= 0.3 is 6.61 Å². The molecule has 0 saturated carbocycles. The molecule has 0 radical (unpaired) electrons. The molecule has 2 N–H and O–H groups in total. The number of hydrogen-bond donors (Lipinski definition) is 2. The van der Waals surface area contributed by atoms with E-state index >= 15 is 0 Å². The second kappa shape index (κ2) is 8.44. The molecule has 158 valence electrons. The summed E-state index contributed by atoms with van der Waals surface area (Å²) in [7, 11) is 0. The van der Waals surface area contributed by atoms with Gasteiger partial charge in [0.05, 0.1) is 11.2 Å². The monoisotopic (exact) mass is 443 g/mol. The van der Waals surface area contributed by atoms with Gasteiger partial charge < -0.3 is 20.1 Å². The summed E-state index contributed by atoms with van der Waals surface area (Å²) in [6.07, 6.45) is 1.61. The molecule has 0 spiro atoms. The number of aromatic nitrogens is 3. The molecule has 3 aromatic rings. The summed E-state index contributed by atoms with van der Waals surface area (Å²) in [6.45, 7) is -1.84. The zero-order valence-electron chi connectivity index (χ0n) is 15.1. The molecule has 1 fully saturated rings. The van der Waals surface area contributed by atoms with Crippen LogP contribution < -0.4 is 20.1 Å². The summed E-state index contributed by atoms with van der Waals surface area (Å²) < 4.78 is 63.4. The highest BCUT2D eigenvalue weighted by atomic mass is 35.5.